The molecule has 1 aromatic heterocycles. The third kappa shape index (κ3) is 4.49. The van der Waals surface area contributed by atoms with E-state index in [0.717, 1.165) is 4.73 Å². The van der Waals surface area contributed by atoms with Crippen LogP contribution in [0.3, 0.4) is 0 Å². The SMILES string of the molecule is CCOC(=O)c1c(Cl)c(-c2ccc(CO)c(CO)c2CO)c(Cl)n1OCC(=O)O. The molecule has 0 atom stereocenters. The Hall–Kier alpha value is -2.30. The van der Waals surface area contributed by atoms with E-state index in [1.165, 1.54) is 12.1 Å². The van der Waals surface area contributed by atoms with Crippen molar-refractivity contribution in [2.45, 2.75) is 26.7 Å². The van der Waals surface area contributed by atoms with Crippen LogP contribution < -0.4 is 4.84 Å². The maximum atomic E-state index is 12.4. The van der Waals surface area contributed by atoms with Crippen LogP contribution in [0, 0.1) is 0 Å². The number of aliphatic carboxylic acids is 1. The first-order chi connectivity index (χ1) is 13.8. The van der Waals surface area contributed by atoms with E-state index in [0.29, 0.717) is 5.56 Å². The Morgan fingerprint density at radius 3 is 2.24 bits per heavy atom. The molecule has 2 rings (SSSR count). The lowest BCUT2D eigenvalue weighted by Crippen LogP contribution is -2.24. The molecule has 0 saturated carbocycles. The van der Waals surface area contributed by atoms with E-state index in [1.807, 2.05) is 0 Å². The summed E-state index contributed by atoms with van der Waals surface area (Å²) in [4.78, 5) is 28.4. The second-order valence-corrected chi connectivity index (χ2v) is 6.45. The topological polar surface area (TPSA) is 138 Å². The second kappa shape index (κ2) is 9.95. The molecule has 9 nitrogen and oxygen atoms in total. The van der Waals surface area contributed by atoms with Crippen molar-refractivity contribution in [2.24, 2.45) is 0 Å². The summed E-state index contributed by atoms with van der Waals surface area (Å²) < 4.78 is 5.70. The van der Waals surface area contributed by atoms with Gasteiger partial charge in [-0.2, -0.15) is 4.73 Å². The lowest BCUT2D eigenvalue weighted by molar-refractivity contribution is -0.142. The van der Waals surface area contributed by atoms with Crippen LogP contribution in [-0.2, 0) is 29.4 Å². The number of benzene rings is 1. The van der Waals surface area contributed by atoms with Crippen molar-refractivity contribution >= 4 is 35.1 Å². The molecule has 0 bridgehead atoms. The average molecular weight is 448 g/mol. The number of hydrogen-bond acceptors (Lipinski definition) is 7. The van der Waals surface area contributed by atoms with Crippen molar-refractivity contribution in [3.05, 3.63) is 44.7 Å². The van der Waals surface area contributed by atoms with Crippen LogP contribution >= 0.6 is 23.2 Å². The van der Waals surface area contributed by atoms with E-state index in [2.05, 4.69) is 0 Å². The molecule has 0 unspecified atom stereocenters. The Morgan fingerprint density at radius 1 is 1.07 bits per heavy atom. The minimum absolute atomic E-state index is 0.0218. The first-order valence-corrected chi connectivity index (χ1v) is 9.16. The van der Waals surface area contributed by atoms with Crippen molar-refractivity contribution in [2.75, 3.05) is 13.2 Å². The lowest BCUT2D eigenvalue weighted by atomic mass is 9.93. The van der Waals surface area contributed by atoms with Crippen LogP contribution in [0.5, 0.6) is 0 Å². The third-order valence-electron chi connectivity index (χ3n) is 4.09. The Bertz CT molecular complexity index is 925. The summed E-state index contributed by atoms with van der Waals surface area (Å²) in [7, 11) is 0. The predicted octanol–water partition coefficient (Wildman–Crippen LogP) is 1.63. The zero-order valence-corrected chi connectivity index (χ0v) is 16.8. The summed E-state index contributed by atoms with van der Waals surface area (Å²) in [6.45, 7) is -0.591. The third-order valence-corrected chi connectivity index (χ3v) is 4.80. The summed E-state index contributed by atoms with van der Waals surface area (Å²) in [6.07, 6.45) is 0. The van der Waals surface area contributed by atoms with Gasteiger partial charge in [0.15, 0.2) is 10.8 Å². The van der Waals surface area contributed by atoms with E-state index in [9.17, 15) is 24.9 Å². The normalized spacial score (nSPS) is 10.8. The average Bonchev–Trinajstić information content (AvgIpc) is 2.94. The van der Waals surface area contributed by atoms with Crippen LogP contribution in [0.2, 0.25) is 10.2 Å². The smallest absolute Gasteiger partial charge is 0.360 e. The summed E-state index contributed by atoms with van der Waals surface area (Å²) in [5.41, 5.74) is 0.914. The van der Waals surface area contributed by atoms with Crippen molar-refractivity contribution in [3.8, 4) is 11.1 Å². The van der Waals surface area contributed by atoms with Crippen LogP contribution in [0.15, 0.2) is 12.1 Å². The predicted molar refractivity (Wildman–Crippen MR) is 103 cm³/mol. The highest BCUT2D eigenvalue weighted by Gasteiger charge is 2.30. The Kier molecular flexibility index (Phi) is 7.88. The van der Waals surface area contributed by atoms with Gasteiger partial charge in [-0.3, -0.25) is 0 Å². The van der Waals surface area contributed by atoms with Crippen molar-refractivity contribution in [1.29, 1.82) is 0 Å². The number of carboxylic acid groups (broad SMARTS) is 1. The van der Waals surface area contributed by atoms with Gasteiger partial charge in [0.2, 0.25) is 6.61 Å². The highest BCUT2D eigenvalue weighted by atomic mass is 35.5. The molecule has 0 fully saturated rings. The minimum Gasteiger partial charge on any atom is -0.479 e. The molecule has 0 aliphatic rings. The fourth-order valence-corrected chi connectivity index (χ4v) is 3.56. The van der Waals surface area contributed by atoms with E-state index in [4.69, 9.17) is 37.9 Å². The first kappa shape index (κ1) is 23.0. The standard InChI is InChI=1S/C18H19Cl2NO8/c1-2-28-18(27)16-15(19)14(17(20)21(16)29-8-13(25)26)10-4-3-9(5-22)11(6-23)12(10)7-24/h3-4,22-24H,2,5-8H2,1H3,(H,25,26). The maximum Gasteiger partial charge on any atom is 0.360 e. The molecule has 11 heteroatoms. The van der Waals surface area contributed by atoms with Gasteiger partial charge in [-0.25, -0.2) is 9.59 Å². The van der Waals surface area contributed by atoms with Gasteiger partial charge in [-0.15, -0.1) is 0 Å². The molecule has 0 amide bonds. The first-order valence-electron chi connectivity index (χ1n) is 8.40. The lowest BCUT2D eigenvalue weighted by Gasteiger charge is -2.15. The largest absolute Gasteiger partial charge is 0.479 e. The molecular weight excluding hydrogens is 429 g/mol. The fraction of sp³-hybridized carbons (Fsp3) is 0.333. The number of carbonyl (C=O) groups is 2. The number of rotatable bonds is 9. The van der Waals surface area contributed by atoms with Gasteiger partial charge in [0.05, 0.1) is 31.5 Å². The van der Waals surface area contributed by atoms with Gasteiger partial charge in [0.1, 0.15) is 0 Å². The number of aliphatic hydroxyl groups excluding tert-OH is 3. The number of carbonyl (C=O) groups excluding carboxylic acids is 1. The van der Waals surface area contributed by atoms with E-state index >= 15 is 0 Å². The van der Waals surface area contributed by atoms with Gasteiger partial charge in [-0.1, -0.05) is 35.3 Å². The Morgan fingerprint density at radius 2 is 1.72 bits per heavy atom. The number of halogens is 2. The quantitative estimate of drug-likeness (QED) is 0.425. The molecule has 1 aromatic carbocycles. The molecule has 1 heterocycles. The Labute approximate surface area is 175 Å². The molecule has 0 aliphatic carbocycles. The summed E-state index contributed by atoms with van der Waals surface area (Å²) in [5, 5.41) is 37.5. The van der Waals surface area contributed by atoms with Gasteiger partial charge in [-0.05, 0) is 29.2 Å². The van der Waals surface area contributed by atoms with E-state index < -0.39 is 31.8 Å². The van der Waals surface area contributed by atoms with E-state index in [1.54, 1.807) is 6.92 Å². The summed E-state index contributed by atoms with van der Waals surface area (Å²) in [5.74, 6) is -2.20. The molecule has 29 heavy (non-hydrogen) atoms. The van der Waals surface area contributed by atoms with Crippen molar-refractivity contribution in [3.63, 3.8) is 0 Å². The number of aromatic nitrogens is 1. The van der Waals surface area contributed by atoms with Crippen LogP contribution in [0.25, 0.3) is 11.1 Å². The van der Waals surface area contributed by atoms with Crippen molar-refractivity contribution in [1.82, 2.24) is 4.73 Å². The van der Waals surface area contributed by atoms with Gasteiger partial charge < -0.3 is 30.0 Å². The van der Waals surface area contributed by atoms with Crippen LogP contribution in [-0.4, -0.2) is 50.3 Å². The highest BCUT2D eigenvalue weighted by molar-refractivity contribution is 6.41. The van der Waals surface area contributed by atoms with Gasteiger partial charge in [0.25, 0.3) is 0 Å². The zero-order valence-electron chi connectivity index (χ0n) is 15.3. The number of hydrogen-bond donors (Lipinski definition) is 4. The maximum absolute atomic E-state index is 12.4. The molecule has 4 N–H and O–H groups in total. The number of ether oxygens (including phenoxy) is 1. The molecule has 0 aliphatic heterocycles. The van der Waals surface area contributed by atoms with Gasteiger partial charge >= 0.3 is 11.9 Å². The summed E-state index contributed by atoms with van der Waals surface area (Å²) >= 11 is 12.7. The number of nitrogens with zero attached hydrogens (tertiary/aromatic N) is 1. The molecule has 158 valence electrons. The fourth-order valence-electron chi connectivity index (χ4n) is 2.84. The molecule has 0 radical (unpaired) electrons. The number of aliphatic hydroxyl groups is 3. The second-order valence-electron chi connectivity index (χ2n) is 5.71. The monoisotopic (exact) mass is 447 g/mol. The molecule has 2 aromatic rings. The van der Waals surface area contributed by atoms with E-state index in [-0.39, 0.29) is 51.3 Å². The van der Waals surface area contributed by atoms with Crippen LogP contribution in [0.1, 0.15) is 34.1 Å². The van der Waals surface area contributed by atoms with Crippen LogP contribution in [0.4, 0.5) is 0 Å². The minimum atomic E-state index is -1.31. The molecular formula is C18H19Cl2NO8. The molecule has 0 saturated heterocycles. The zero-order chi connectivity index (χ0) is 21.7. The van der Waals surface area contributed by atoms with Crippen molar-refractivity contribution < 1.29 is 39.6 Å². The highest BCUT2D eigenvalue weighted by Crippen LogP contribution is 2.42. The van der Waals surface area contributed by atoms with Gasteiger partial charge in [0, 0.05) is 5.56 Å². The summed E-state index contributed by atoms with van der Waals surface area (Å²) in [6, 6.07) is 3.01. The number of esters is 1. The molecule has 0 spiro atoms. The Balaban J connectivity index is 2.78. The number of carboxylic acids is 1.